The maximum absolute atomic E-state index is 13.4. The molecule has 2 bridgehead atoms. The number of nitrogens with zero attached hydrogens (tertiary/aromatic N) is 5. The third-order valence-electron chi connectivity index (χ3n) is 6.08. The Morgan fingerprint density at radius 1 is 1.10 bits per heavy atom. The van der Waals surface area contributed by atoms with Gasteiger partial charge in [-0.15, -0.1) is 0 Å². The van der Waals surface area contributed by atoms with E-state index >= 15 is 0 Å². The maximum Gasteiger partial charge on any atom is 0.251 e. The Hall–Kier alpha value is -3.29. The molecule has 2 atom stereocenters. The number of carbonyl (C=O) groups excluding carboxylic acids is 1. The number of nitrogens with two attached hydrogens (primary N) is 1. The fraction of sp³-hybridized carbons (Fsp3) is 0.333. The Bertz CT molecular complexity index is 1040. The molecule has 2 N–H and O–H groups in total. The molecular formula is C21H21FN6O. The zero-order valence-electron chi connectivity index (χ0n) is 15.8. The summed E-state index contributed by atoms with van der Waals surface area (Å²) in [6.45, 7) is 1.31. The van der Waals surface area contributed by atoms with Crippen LogP contribution in [0, 0.1) is 23.6 Å². The molecule has 3 aromatic rings. The van der Waals surface area contributed by atoms with Crippen molar-refractivity contribution in [2.75, 3.05) is 23.7 Å². The fourth-order valence-corrected chi connectivity index (χ4v) is 4.76. The van der Waals surface area contributed by atoms with Crippen LogP contribution in [0.4, 0.5) is 16.2 Å². The second kappa shape index (κ2) is 6.95. The van der Waals surface area contributed by atoms with Crippen LogP contribution < -0.4 is 10.6 Å². The van der Waals surface area contributed by atoms with Crippen LogP contribution in [-0.4, -0.2) is 38.7 Å². The Morgan fingerprint density at radius 3 is 2.52 bits per heavy atom. The molecule has 0 amide bonds. The number of aromatic nitrogens is 4. The van der Waals surface area contributed by atoms with E-state index in [4.69, 9.17) is 5.73 Å². The average molecular weight is 392 g/mol. The van der Waals surface area contributed by atoms with E-state index in [0.717, 1.165) is 30.3 Å². The normalized spacial score (nSPS) is 23.3. The number of hydrogen-bond donors (Lipinski definition) is 1. The van der Waals surface area contributed by atoms with Crippen LogP contribution >= 0.6 is 0 Å². The van der Waals surface area contributed by atoms with Crippen molar-refractivity contribution in [2.45, 2.75) is 12.8 Å². The third kappa shape index (κ3) is 3.04. The van der Waals surface area contributed by atoms with Crippen LogP contribution in [0.2, 0.25) is 0 Å². The van der Waals surface area contributed by atoms with Crippen LogP contribution in [0.25, 0.3) is 11.3 Å². The Balaban J connectivity index is 1.40. The van der Waals surface area contributed by atoms with E-state index in [1.165, 1.54) is 0 Å². The molecule has 0 spiro atoms. The lowest BCUT2D eigenvalue weighted by Crippen LogP contribution is -2.47. The molecule has 8 heteroatoms. The summed E-state index contributed by atoms with van der Waals surface area (Å²) in [4.78, 5) is 23.6. The van der Waals surface area contributed by atoms with E-state index in [2.05, 4.69) is 15.1 Å². The summed E-state index contributed by atoms with van der Waals surface area (Å²) in [5, 5.41) is 4.33. The van der Waals surface area contributed by atoms with E-state index in [1.54, 1.807) is 10.9 Å². The molecule has 1 aliphatic heterocycles. The molecule has 148 valence electrons. The number of halogens is 1. The smallest absolute Gasteiger partial charge is 0.251 e. The lowest BCUT2D eigenvalue weighted by atomic mass is 9.84. The lowest BCUT2D eigenvalue weighted by Gasteiger charge is -2.37. The van der Waals surface area contributed by atoms with Gasteiger partial charge in [0.1, 0.15) is 0 Å². The third-order valence-corrected chi connectivity index (χ3v) is 6.08. The molecule has 2 aliphatic rings. The fourth-order valence-electron chi connectivity index (χ4n) is 4.76. The van der Waals surface area contributed by atoms with Gasteiger partial charge in [-0.2, -0.15) is 14.8 Å². The zero-order valence-corrected chi connectivity index (χ0v) is 15.8. The molecular weight excluding hydrogens is 371 g/mol. The molecule has 1 saturated carbocycles. The molecule has 29 heavy (non-hydrogen) atoms. The van der Waals surface area contributed by atoms with Gasteiger partial charge in [-0.3, -0.25) is 4.79 Å². The van der Waals surface area contributed by atoms with Crippen molar-refractivity contribution in [1.29, 1.82) is 0 Å². The molecule has 3 heterocycles. The summed E-state index contributed by atoms with van der Waals surface area (Å²) in [6, 6.07) is 11.7. The molecule has 5 rings (SSSR count). The van der Waals surface area contributed by atoms with Crippen molar-refractivity contribution in [2.24, 2.45) is 17.8 Å². The first-order chi connectivity index (χ1) is 14.1. The first-order valence-electron chi connectivity index (χ1n) is 9.78. The number of piperidine rings is 1. The summed E-state index contributed by atoms with van der Waals surface area (Å²) in [5.41, 5.74) is 7.39. The first kappa shape index (κ1) is 17.8. The first-order valence-corrected chi connectivity index (χ1v) is 9.78. The molecule has 7 nitrogen and oxygen atoms in total. The van der Waals surface area contributed by atoms with Crippen LogP contribution in [0.5, 0.6) is 0 Å². The van der Waals surface area contributed by atoms with Crippen LogP contribution in [0.1, 0.15) is 17.6 Å². The molecule has 1 saturated heterocycles. The number of anilines is 2. The van der Waals surface area contributed by atoms with Gasteiger partial charge in [0.05, 0.1) is 18.1 Å². The van der Waals surface area contributed by atoms with E-state index in [9.17, 15) is 9.18 Å². The summed E-state index contributed by atoms with van der Waals surface area (Å²) < 4.78 is 15.0. The molecule has 2 unspecified atom stereocenters. The van der Waals surface area contributed by atoms with Crippen LogP contribution in [0.15, 0.2) is 48.8 Å². The summed E-state index contributed by atoms with van der Waals surface area (Å²) in [5.74, 6) is -0.0193. The number of hydrogen-bond acceptors (Lipinski definition) is 6. The maximum atomic E-state index is 13.4. The second-order valence-electron chi connectivity index (χ2n) is 7.76. The summed E-state index contributed by atoms with van der Waals surface area (Å²) in [7, 11) is 0. The van der Waals surface area contributed by atoms with E-state index in [1.807, 2.05) is 41.3 Å². The van der Waals surface area contributed by atoms with Gasteiger partial charge in [-0.1, -0.05) is 30.3 Å². The molecule has 2 aromatic heterocycles. The highest BCUT2D eigenvalue weighted by Gasteiger charge is 2.47. The molecule has 1 aliphatic carbocycles. The topological polar surface area (TPSA) is 89.9 Å². The van der Waals surface area contributed by atoms with Gasteiger partial charge < -0.3 is 10.6 Å². The van der Waals surface area contributed by atoms with Gasteiger partial charge in [-0.25, -0.2) is 9.37 Å². The minimum absolute atomic E-state index is 0.0422. The number of rotatable bonds is 3. The van der Waals surface area contributed by atoms with Gasteiger partial charge in [0.25, 0.3) is 5.91 Å². The van der Waals surface area contributed by atoms with Gasteiger partial charge >= 0.3 is 0 Å². The zero-order chi connectivity index (χ0) is 20.0. The minimum atomic E-state index is -0.617. The predicted octanol–water partition coefficient (Wildman–Crippen LogP) is 2.86. The summed E-state index contributed by atoms with van der Waals surface area (Å²) in [6.07, 6.45) is 4.71. The average Bonchev–Trinajstić information content (AvgIpc) is 3.33. The Morgan fingerprint density at radius 2 is 1.83 bits per heavy atom. The van der Waals surface area contributed by atoms with E-state index in [0.29, 0.717) is 19.0 Å². The van der Waals surface area contributed by atoms with Gasteiger partial charge in [0.2, 0.25) is 5.95 Å². The second-order valence-corrected chi connectivity index (χ2v) is 7.76. The number of carbonyl (C=O) groups is 1. The van der Waals surface area contributed by atoms with Crippen molar-refractivity contribution in [3.05, 3.63) is 54.6 Å². The Kier molecular flexibility index (Phi) is 4.26. The highest BCUT2D eigenvalue weighted by Crippen LogP contribution is 2.43. The lowest BCUT2D eigenvalue weighted by molar-refractivity contribution is 0.0730. The minimum Gasteiger partial charge on any atom is -0.381 e. The largest absolute Gasteiger partial charge is 0.381 e. The van der Waals surface area contributed by atoms with Crippen LogP contribution in [0.3, 0.4) is 0 Å². The predicted molar refractivity (Wildman–Crippen MR) is 107 cm³/mol. The van der Waals surface area contributed by atoms with Crippen molar-refractivity contribution < 1.29 is 9.18 Å². The monoisotopic (exact) mass is 392 g/mol. The van der Waals surface area contributed by atoms with Gasteiger partial charge in [0.15, 0.2) is 11.6 Å². The highest BCUT2D eigenvalue weighted by atomic mass is 19.1. The highest BCUT2D eigenvalue weighted by molar-refractivity contribution is 5.86. The SMILES string of the molecule is Nc1nc(N2CC3CCC(C2)C3C(=O)n2nccc2-c2ccccc2)ncc1F. The quantitative estimate of drug-likeness (QED) is 0.737. The van der Waals surface area contributed by atoms with Crippen molar-refractivity contribution >= 4 is 17.7 Å². The Labute approximate surface area is 167 Å². The van der Waals surface area contributed by atoms with Crippen molar-refractivity contribution in [3.8, 4) is 11.3 Å². The molecule has 1 aromatic carbocycles. The standard InChI is InChI=1S/C21H21FN6O/c22-16-10-24-21(26-19(16)23)27-11-14-6-7-15(12-27)18(14)20(29)28-17(8-9-25-28)13-4-2-1-3-5-13/h1-5,8-10,14-15,18H,6-7,11-12H2,(H2,23,24,26). The summed E-state index contributed by atoms with van der Waals surface area (Å²) >= 11 is 0. The van der Waals surface area contributed by atoms with E-state index < -0.39 is 5.82 Å². The number of nitrogen functional groups attached to an aromatic ring is 1. The molecule has 0 radical (unpaired) electrons. The van der Waals surface area contributed by atoms with Crippen molar-refractivity contribution in [3.63, 3.8) is 0 Å². The van der Waals surface area contributed by atoms with E-state index in [-0.39, 0.29) is 29.5 Å². The molecule has 2 fully saturated rings. The van der Waals surface area contributed by atoms with Gasteiger partial charge in [0, 0.05) is 24.6 Å². The number of benzene rings is 1. The number of fused-ring (bicyclic) bond motifs is 2. The van der Waals surface area contributed by atoms with Crippen LogP contribution in [-0.2, 0) is 0 Å². The van der Waals surface area contributed by atoms with Gasteiger partial charge in [-0.05, 0) is 30.7 Å². The van der Waals surface area contributed by atoms with Crippen molar-refractivity contribution in [1.82, 2.24) is 19.7 Å².